The summed E-state index contributed by atoms with van der Waals surface area (Å²) in [7, 11) is 0. The number of nitrogens with one attached hydrogen (secondary N) is 1. The molecule has 1 aromatic heterocycles. The van der Waals surface area contributed by atoms with Gasteiger partial charge in [-0.2, -0.15) is 0 Å². The van der Waals surface area contributed by atoms with Gasteiger partial charge in [-0.3, -0.25) is 10.1 Å². The predicted octanol–water partition coefficient (Wildman–Crippen LogP) is 5.33. The normalized spacial score (nSPS) is 14.7. The van der Waals surface area contributed by atoms with E-state index < -0.39 is 10.7 Å². The van der Waals surface area contributed by atoms with Gasteiger partial charge in [0.1, 0.15) is 17.7 Å². The van der Waals surface area contributed by atoms with Crippen LogP contribution < -0.4 is 11.1 Å². The van der Waals surface area contributed by atoms with E-state index in [1.54, 1.807) is 12.1 Å². The van der Waals surface area contributed by atoms with Crippen molar-refractivity contribution in [2.45, 2.75) is 32.1 Å². The maximum absolute atomic E-state index is 14.3. The van der Waals surface area contributed by atoms with Gasteiger partial charge in [0, 0.05) is 16.9 Å². The molecule has 0 radical (unpaired) electrons. The van der Waals surface area contributed by atoms with Crippen molar-refractivity contribution in [2.24, 2.45) is 11.1 Å². The van der Waals surface area contributed by atoms with Gasteiger partial charge in [0.25, 0.3) is 5.69 Å². The molecular weight excluding hydrogens is 433 g/mol. The minimum Gasteiger partial charge on any atom is -0.337 e. The molecule has 9 heteroatoms. The first-order valence-corrected chi connectivity index (χ1v) is 10.7. The van der Waals surface area contributed by atoms with Gasteiger partial charge in [-0.1, -0.05) is 42.3 Å². The van der Waals surface area contributed by atoms with Crippen molar-refractivity contribution in [3.05, 3.63) is 63.2 Å². The van der Waals surface area contributed by atoms with Gasteiger partial charge in [0.05, 0.1) is 21.2 Å². The Morgan fingerprint density at radius 1 is 1.28 bits per heavy atom. The third-order valence-corrected chi connectivity index (χ3v) is 6.09. The number of benzene rings is 2. The number of hydrogen-bond donors (Lipinski definition) is 2. The van der Waals surface area contributed by atoms with E-state index in [1.807, 2.05) is 0 Å². The quantitative estimate of drug-likeness (QED) is 0.307. The highest BCUT2D eigenvalue weighted by atomic mass is 35.5. The number of rotatable bonds is 5. The summed E-state index contributed by atoms with van der Waals surface area (Å²) in [5.74, 6) is 5.91. The molecule has 0 saturated heterocycles. The van der Waals surface area contributed by atoms with Gasteiger partial charge in [-0.15, -0.1) is 0 Å². The fraction of sp³-hybridized carbons (Fsp3) is 0.304. The van der Waals surface area contributed by atoms with Crippen molar-refractivity contribution in [3.63, 3.8) is 0 Å². The number of nitro benzene ring substituents is 1. The van der Waals surface area contributed by atoms with E-state index in [0.717, 1.165) is 32.1 Å². The van der Waals surface area contributed by atoms with Gasteiger partial charge in [0.2, 0.25) is 0 Å². The first kappa shape index (κ1) is 21.9. The largest absolute Gasteiger partial charge is 0.337 e. The molecule has 2 aromatic carbocycles. The van der Waals surface area contributed by atoms with Crippen LogP contribution in [0.3, 0.4) is 0 Å². The number of nitro groups is 1. The van der Waals surface area contributed by atoms with Crippen molar-refractivity contribution in [1.29, 1.82) is 0 Å². The highest BCUT2D eigenvalue weighted by molar-refractivity contribution is 6.31. The summed E-state index contributed by atoms with van der Waals surface area (Å²) < 4.78 is 14.3. The molecule has 1 heterocycles. The SMILES string of the molecule is NCCC1(C#Cc2cc3ncnc(Nc4cccc(Cl)c4F)c3cc2[N+](=O)[O-])CCCC1. The second kappa shape index (κ2) is 9.07. The summed E-state index contributed by atoms with van der Waals surface area (Å²) >= 11 is 5.85. The molecule has 32 heavy (non-hydrogen) atoms. The second-order valence-corrected chi connectivity index (χ2v) is 8.28. The molecule has 1 saturated carbocycles. The first-order valence-electron chi connectivity index (χ1n) is 10.3. The third-order valence-electron chi connectivity index (χ3n) is 5.80. The van der Waals surface area contributed by atoms with E-state index in [1.165, 1.54) is 24.5 Å². The van der Waals surface area contributed by atoms with E-state index >= 15 is 0 Å². The molecular formula is C23H21ClFN5O2. The molecule has 1 fully saturated rings. The average molecular weight is 454 g/mol. The van der Waals surface area contributed by atoms with Crippen LogP contribution in [0.1, 0.15) is 37.7 Å². The van der Waals surface area contributed by atoms with Gasteiger partial charge >= 0.3 is 0 Å². The van der Waals surface area contributed by atoms with Crippen LogP contribution in [-0.2, 0) is 0 Å². The lowest BCUT2D eigenvalue weighted by atomic mass is 9.83. The Balaban J connectivity index is 1.79. The Morgan fingerprint density at radius 3 is 2.78 bits per heavy atom. The molecule has 0 spiro atoms. The molecule has 0 aliphatic heterocycles. The Bertz CT molecular complexity index is 1250. The third kappa shape index (κ3) is 4.35. The Labute approximate surface area is 189 Å². The fourth-order valence-corrected chi connectivity index (χ4v) is 4.31. The summed E-state index contributed by atoms with van der Waals surface area (Å²) in [5.41, 5.74) is 6.27. The van der Waals surface area contributed by atoms with Crippen LogP contribution in [0.15, 0.2) is 36.7 Å². The maximum atomic E-state index is 14.3. The van der Waals surface area contributed by atoms with E-state index in [4.69, 9.17) is 17.3 Å². The van der Waals surface area contributed by atoms with E-state index in [2.05, 4.69) is 27.1 Å². The Hall–Kier alpha value is -3.28. The lowest BCUT2D eigenvalue weighted by Crippen LogP contribution is -2.19. The predicted molar refractivity (Wildman–Crippen MR) is 122 cm³/mol. The zero-order chi connectivity index (χ0) is 22.7. The molecule has 0 atom stereocenters. The van der Waals surface area contributed by atoms with Crippen molar-refractivity contribution in [1.82, 2.24) is 9.97 Å². The molecule has 164 valence electrons. The van der Waals surface area contributed by atoms with Crippen LogP contribution in [0.5, 0.6) is 0 Å². The zero-order valence-corrected chi connectivity index (χ0v) is 18.0. The molecule has 4 rings (SSSR count). The molecule has 0 unspecified atom stereocenters. The molecule has 1 aliphatic carbocycles. The topological polar surface area (TPSA) is 107 Å². The minimum absolute atomic E-state index is 0.0461. The summed E-state index contributed by atoms with van der Waals surface area (Å²) in [5, 5.41) is 15.0. The van der Waals surface area contributed by atoms with Crippen LogP contribution in [-0.4, -0.2) is 21.4 Å². The average Bonchev–Trinajstić information content (AvgIpc) is 3.24. The van der Waals surface area contributed by atoms with Crippen LogP contribution in [0.4, 0.5) is 21.6 Å². The Morgan fingerprint density at radius 2 is 2.06 bits per heavy atom. The van der Waals surface area contributed by atoms with E-state index in [-0.39, 0.29) is 33.2 Å². The second-order valence-electron chi connectivity index (χ2n) is 7.87. The summed E-state index contributed by atoms with van der Waals surface area (Å²) in [4.78, 5) is 19.7. The highest BCUT2D eigenvalue weighted by Crippen LogP contribution is 2.40. The molecule has 0 bridgehead atoms. The van der Waals surface area contributed by atoms with Crippen molar-refractivity contribution < 1.29 is 9.31 Å². The number of nitrogens with zero attached hydrogens (tertiary/aromatic N) is 3. The minimum atomic E-state index is -0.639. The number of halogens is 2. The smallest absolute Gasteiger partial charge is 0.285 e. The standard InChI is InChI=1S/C23H21ClFN5O2/c24-17-4-3-5-18(21(17)25)29-22-16-13-20(30(31)32)15(12-19(16)27-14-28-22)6-9-23(10-11-26)7-1-2-8-23/h3-5,12-14H,1-2,7-8,10-11,26H2,(H,27,28,29). The van der Waals surface area contributed by atoms with Gasteiger partial charge < -0.3 is 11.1 Å². The highest BCUT2D eigenvalue weighted by Gasteiger charge is 2.31. The monoisotopic (exact) mass is 453 g/mol. The van der Waals surface area contributed by atoms with Crippen LogP contribution >= 0.6 is 11.6 Å². The van der Waals surface area contributed by atoms with Gasteiger partial charge in [0.15, 0.2) is 5.82 Å². The summed E-state index contributed by atoms with van der Waals surface area (Å²) in [6, 6.07) is 7.47. The van der Waals surface area contributed by atoms with Gasteiger partial charge in [-0.05, 0) is 44.0 Å². The summed E-state index contributed by atoms with van der Waals surface area (Å²) in [6.45, 7) is 0.525. The number of anilines is 2. The molecule has 3 N–H and O–H groups in total. The number of aromatic nitrogens is 2. The lowest BCUT2D eigenvalue weighted by molar-refractivity contribution is -0.385. The van der Waals surface area contributed by atoms with Gasteiger partial charge in [-0.25, -0.2) is 14.4 Å². The molecule has 3 aromatic rings. The number of nitrogens with two attached hydrogens (primary N) is 1. The lowest BCUT2D eigenvalue weighted by Gasteiger charge is -2.21. The molecule has 1 aliphatic rings. The molecule has 0 amide bonds. The van der Waals surface area contributed by atoms with Crippen molar-refractivity contribution in [2.75, 3.05) is 11.9 Å². The first-order chi connectivity index (χ1) is 15.4. The molecule has 7 nitrogen and oxygen atoms in total. The summed E-state index contributed by atoms with van der Waals surface area (Å²) in [6.07, 6.45) is 6.12. The zero-order valence-electron chi connectivity index (χ0n) is 17.2. The Kier molecular flexibility index (Phi) is 6.21. The van der Waals surface area contributed by atoms with Crippen LogP contribution in [0.25, 0.3) is 10.9 Å². The van der Waals surface area contributed by atoms with E-state index in [9.17, 15) is 14.5 Å². The van der Waals surface area contributed by atoms with Crippen LogP contribution in [0.2, 0.25) is 5.02 Å². The maximum Gasteiger partial charge on any atom is 0.285 e. The number of fused-ring (bicyclic) bond motifs is 1. The number of hydrogen-bond acceptors (Lipinski definition) is 6. The van der Waals surface area contributed by atoms with Crippen LogP contribution in [0, 0.1) is 33.2 Å². The van der Waals surface area contributed by atoms with E-state index in [0.29, 0.717) is 17.4 Å². The van der Waals surface area contributed by atoms with Crippen molar-refractivity contribution >= 4 is 39.7 Å². The van der Waals surface area contributed by atoms with Crippen molar-refractivity contribution in [3.8, 4) is 11.8 Å². The fourth-order valence-electron chi connectivity index (χ4n) is 4.14.